The van der Waals surface area contributed by atoms with Crippen molar-refractivity contribution in [2.24, 2.45) is 10.7 Å². The van der Waals surface area contributed by atoms with Crippen molar-refractivity contribution < 1.29 is 0 Å². The summed E-state index contributed by atoms with van der Waals surface area (Å²) in [5.41, 5.74) is 5.45. The maximum absolute atomic E-state index is 5.45. The Kier molecular flexibility index (Phi) is 1.78. The first-order valence-electron chi connectivity index (χ1n) is 2.78. The molecule has 1 unspecified atom stereocenters. The van der Waals surface area contributed by atoms with Gasteiger partial charge in [0.1, 0.15) is 5.84 Å². The Morgan fingerprint density at radius 1 is 1.75 bits per heavy atom. The van der Waals surface area contributed by atoms with E-state index in [4.69, 9.17) is 5.73 Å². The van der Waals surface area contributed by atoms with Gasteiger partial charge in [-0.05, 0) is 12.8 Å². The Balaban J connectivity index is 2.53. The van der Waals surface area contributed by atoms with Gasteiger partial charge in [-0.25, -0.2) is 0 Å². The predicted octanol–water partition coefficient (Wildman–Crippen LogP) is 0.436. The summed E-state index contributed by atoms with van der Waals surface area (Å²) in [7, 11) is 0. The smallest absolute Gasteiger partial charge is 0.107 e. The minimum atomic E-state index is 0.226. The van der Waals surface area contributed by atoms with E-state index in [1.54, 1.807) is 0 Å². The average Bonchev–Trinajstić information content (AvgIpc) is 1.77. The first-order chi connectivity index (χ1) is 3.80. The lowest BCUT2D eigenvalue weighted by Gasteiger charge is -2.13. The molecule has 2 N–H and O–H groups in total. The van der Waals surface area contributed by atoms with E-state index in [9.17, 15) is 0 Å². The molecule has 0 saturated carbocycles. The molecule has 1 rings (SSSR count). The third-order valence-electron chi connectivity index (χ3n) is 1.27. The molecule has 3 heteroatoms. The number of thiol groups is 1. The number of aliphatic imine (C=N–C) groups is 1. The highest BCUT2D eigenvalue weighted by Crippen LogP contribution is 2.09. The number of hydrogen-bond donors (Lipinski definition) is 2. The summed E-state index contributed by atoms with van der Waals surface area (Å²) in [6.45, 7) is 0.892. The van der Waals surface area contributed by atoms with E-state index in [1.807, 2.05) is 0 Å². The van der Waals surface area contributed by atoms with E-state index in [0.717, 1.165) is 19.4 Å². The van der Waals surface area contributed by atoms with Gasteiger partial charge >= 0.3 is 0 Å². The van der Waals surface area contributed by atoms with Crippen molar-refractivity contribution in [3.05, 3.63) is 0 Å². The molecular formula is C5H10N2S. The lowest BCUT2D eigenvalue weighted by atomic mass is 10.2. The van der Waals surface area contributed by atoms with Crippen molar-refractivity contribution in [1.29, 1.82) is 0 Å². The van der Waals surface area contributed by atoms with E-state index < -0.39 is 0 Å². The van der Waals surface area contributed by atoms with Gasteiger partial charge in [0.2, 0.25) is 0 Å². The largest absolute Gasteiger partial charge is 0.387 e. The van der Waals surface area contributed by atoms with E-state index in [0.29, 0.717) is 5.84 Å². The summed E-state index contributed by atoms with van der Waals surface area (Å²) < 4.78 is 0. The SMILES string of the molecule is NC1=NCCCC1S. The Morgan fingerprint density at radius 2 is 2.50 bits per heavy atom. The Labute approximate surface area is 54.6 Å². The molecule has 0 saturated heterocycles. The first kappa shape index (κ1) is 5.95. The molecule has 1 atom stereocenters. The van der Waals surface area contributed by atoms with Crippen LogP contribution in [0.15, 0.2) is 4.99 Å². The fourth-order valence-corrected chi connectivity index (χ4v) is 1.01. The molecule has 0 aromatic rings. The van der Waals surface area contributed by atoms with Gasteiger partial charge < -0.3 is 5.73 Å². The summed E-state index contributed by atoms with van der Waals surface area (Å²) in [4.78, 5) is 4.03. The highest BCUT2D eigenvalue weighted by molar-refractivity contribution is 7.81. The van der Waals surface area contributed by atoms with Crippen molar-refractivity contribution in [3.8, 4) is 0 Å². The van der Waals surface area contributed by atoms with Crippen LogP contribution < -0.4 is 5.73 Å². The van der Waals surface area contributed by atoms with Gasteiger partial charge in [-0.1, -0.05) is 0 Å². The number of nitrogens with two attached hydrogens (primary N) is 1. The van der Waals surface area contributed by atoms with Gasteiger partial charge in [-0.15, -0.1) is 0 Å². The average molecular weight is 130 g/mol. The normalized spacial score (nSPS) is 29.6. The lowest BCUT2D eigenvalue weighted by Crippen LogP contribution is -2.27. The van der Waals surface area contributed by atoms with Gasteiger partial charge in [-0.3, -0.25) is 4.99 Å². The summed E-state index contributed by atoms with van der Waals surface area (Å²) in [6, 6.07) is 0. The van der Waals surface area contributed by atoms with E-state index in [2.05, 4.69) is 17.6 Å². The molecule has 46 valence electrons. The second-order valence-electron chi connectivity index (χ2n) is 1.96. The van der Waals surface area contributed by atoms with Crippen molar-refractivity contribution in [2.45, 2.75) is 18.1 Å². The molecular weight excluding hydrogens is 120 g/mol. The zero-order valence-corrected chi connectivity index (χ0v) is 5.56. The molecule has 0 aliphatic carbocycles. The van der Waals surface area contributed by atoms with Crippen molar-refractivity contribution >= 4 is 18.5 Å². The van der Waals surface area contributed by atoms with Crippen LogP contribution in [-0.2, 0) is 0 Å². The van der Waals surface area contributed by atoms with E-state index in [1.165, 1.54) is 0 Å². The van der Waals surface area contributed by atoms with Crippen LogP contribution in [0.1, 0.15) is 12.8 Å². The van der Waals surface area contributed by atoms with Gasteiger partial charge in [0, 0.05) is 6.54 Å². The summed E-state index contributed by atoms with van der Waals surface area (Å²) >= 11 is 4.20. The van der Waals surface area contributed by atoms with Gasteiger partial charge in [0.25, 0.3) is 0 Å². The van der Waals surface area contributed by atoms with Crippen LogP contribution >= 0.6 is 12.6 Å². The van der Waals surface area contributed by atoms with Crippen LogP contribution in [0, 0.1) is 0 Å². The Hall–Kier alpha value is -0.180. The van der Waals surface area contributed by atoms with Crippen LogP contribution in [0.5, 0.6) is 0 Å². The molecule has 0 radical (unpaired) electrons. The summed E-state index contributed by atoms with van der Waals surface area (Å²) in [5, 5.41) is 0.226. The van der Waals surface area contributed by atoms with E-state index in [-0.39, 0.29) is 5.25 Å². The Bertz CT molecular complexity index is 111. The fourth-order valence-electron chi connectivity index (χ4n) is 0.746. The van der Waals surface area contributed by atoms with Crippen molar-refractivity contribution in [2.75, 3.05) is 6.54 Å². The topological polar surface area (TPSA) is 38.4 Å². The minimum Gasteiger partial charge on any atom is -0.387 e. The molecule has 0 aromatic heterocycles. The van der Waals surface area contributed by atoms with Crippen LogP contribution in [0.3, 0.4) is 0 Å². The van der Waals surface area contributed by atoms with Crippen molar-refractivity contribution in [3.63, 3.8) is 0 Å². The molecule has 8 heavy (non-hydrogen) atoms. The predicted molar refractivity (Wildman–Crippen MR) is 38.5 cm³/mol. The molecule has 0 spiro atoms. The fraction of sp³-hybridized carbons (Fsp3) is 0.800. The number of nitrogens with zero attached hydrogens (tertiary/aromatic N) is 1. The second kappa shape index (κ2) is 2.40. The number of amidine groups is 1. The number of rotatable bonds is 0. The van der Waals surface area contributed by atoms with Crippen molar-refractivity contribution in [1.82, 2.24) is 0 Å². The van der Waals surface area contributed by atoms with Crippen LogP contribution in [-0.4, -0.2) is 17.6 Å². The molecule has 1 aliphatic heterocycles. The van der Waals surface area contributed by atoms with Gasteiger partial charge in [0.15, 0.2) is 0 Å². The summed E-state index contributed by atoms with van der Waals surface area (Å²) in [5.74, 6) is 0.708. The lowest BCUT2D eigenvalue weighted by molar-refractivity contribution is 0.745. The quantitative estimate of drug-likeness (QED) is 0.459. The van der Waals surface area contributed by atoms with Gasteiger partial charge in [-0.2, -0.15) is 12.6 Å². The monoisotopic (exact) mass is 130 g/mol. The maximum Gasteiger partial charge on any atom is 0.107 e. The molecule has 0 bridgehead atoms. The zero-order valence-electron chi connectivity index (χ0n) is 4.67. The first-order valence-corrected chi connectivity index (χ1v) is 3.30. The third-order valence-corrected chi connectivity index (χ3v) is 1.79. The molecule has 1 heterocycles. The Morgan fingerprint density at radius 3 is 2.88 bits per heavy atom. The third kappa shape index (κ3) is 1.15. The van der Waals surface area contributed by atoms with Crippen LogP contribution in [0.25, 0.3) is 0 Å². The molecule has 1 aliphatic rings. The minimum absolute atomic E-state index is 0.226. The van der Waals surface area contributed by atoms with Gasteiger partial charge in [0.05, 0.1) is 5.25 Å². The van der Waals surface area contributed by atoms with Crippen LogP contribution in [0.4, 0.5) is 0 Å². The maximum atomic E-state index is 5.45. The molecule has 0 amide bonds. The van der Waals surface area contributed by atoms with E-state index >= 15 is 0 Å². The highest BCUT2D eigenvalue weighted by Gasteiger charge is 2.10. The number of hydrogen-bond acceptors (Lipinski definition) is 3. The zero-order chi connectivity index (χ0) is 5.98. The summed E-state index contributed by atoms with van der Waals surface area (Å²) in [6.07, 6.45) is 2.22. The molecule has 0 aromatic carbocycles. The standard InChI is InChI=1S/C5H10N2S/c6-5-4(8)2-1-3-7-5/h4,8H,1-3H2,(H2,6,7). The van der Waals surface area contributed by atoms with Crippen LogP contribution in [0.2, 0.25) is 0 Å². The second-order valence-corrected chi connectivity index (χ2v) is 2.59. The molecule has 0 fully saturated rings. The highest BCUT2D eigenvalue weighted by atomic mass is 32.1. The molecule has 2 nitrogen and oxygen atoms in total.